The average Bonchev–Trinajstić information content (AvgIpc) is 3.19. The molecule has 17 heavy (non-hydrogen) atoms. The van der Waals surface area contributed by atoms with E-state index < -0.39 is 0 Å². The summed E-state index contributed by atoms with van der Waals surface area (Å²) in [5.74, 6) is 1.50. The first kappa shape index (κ1) is 12.2. The Bertz CT molecular complexity index is 378. The van der Waals surface area contributed by atoms with Crippen LogP contribution in [0, 0.1) is 0 Å². The first-order chi connectivity index (χ1) is 8.28. The molecule has 2 rings (SSSR count). The first-order valence-corrected chi connectivity index (χ1v) is 5.96. The number of nitrogens with one attached hydrogen (secondary N) is 1. The fourth-order valence-corrected chi connectivity index (χ4v) is 1.90. The molecule has 3 N–H and O–H groups in total. The Morgan fingerprint density at radius 1 is 1.29 bits per heavy atom. The van der Waals surface area contributed by atoms with Crippen molar-refractivity contribution in [3.8, 4) is 11.5 Å². The summed E-state index contributed by atoms with van der Waals surface area (Å²) >= 11 is 0. The molecular weight excluding hydrogens is 216 g/mol. The summed E-state index contributed by atoms with van der Waals surface area (Å²) in [6.07, 6.45) is 2.51. The van der Waals surface area contributed by atoms with Gasteiger partial charge in [-0.3, -0.25) is 0 Å². The van der Waals surface area contributed by atoms with Crippen LogP contribution in [0.4, 0.5) is 0 Å². The maximum absolute atomic E-state index is 5.81. The van der Waals surface area contributed by atoms with E-state index in [0.29, 0.717) is 12.6 Å². The molecule has 0 aromatic heterocycles. The van der Waals surface area contributed by atoms with Gasteiger partial charge in [0.25, 0.3) is 0 Å². The van der Waals surface area contributed by atoms with Crippen molar-refractivity contribution in [2.45, 2.75) is 24.9 Å². The van der Waals surface area contributed by atoms with E-state index in [1.165, 1.54) is 12.8 Å². The van der Waals surface area contributed by atoms with Crippen LogP contribution in [0.1, 0.15) is 24.4 Å². The highest BCUT2D eigenvalue weighted by atomic mass is 16.5. The zero-order valence-electron chi connectivity index (χ0n) is 10.4. The Morgan fingerprint density at radius 2 is 2.00 bits per heavy atom. The second-order valence-corrected chi connectivity index (χ2v) is 4.34. The number of methoxy groups -OCH3 is 2. The number of hydrogen-bond donors (Lipinski definition) is 2. The molecular formula is C13H20N2O2. The van der Waals surface area contributed by atoms with Gasteiger partial charge in [-0.25, -0.2) is 0 Å². The van der Waals surface area contributed by atoms with Gasteiger partial charge in [-0.1, -0.05) is 6.07 Å². The lowest BCUT2D eigenvalue weighted by Gasteiger charge is -2.18. The lowest BCUT2D eigenvalue weighted by molar-refractivity contribution is 0.354. The Labute approximate surface area is 102 Å². The SMILES string of the molecule is COc1ccc(C(CN)NC2CC2)cc1OC. The molecule has 0 amide bonds. The van der Waals surface area contributed by atoms with Gasteiger partial charge in [0.15, 0.2) is 11.5 Å². The minimum atomic E-state index is 0.197. The smallest absolute Gasteiger partial charge is 0.161 e. The van der Waals surface area contributed by atoms with E-state index in [9.17, 15) is 0 Å². The summed E-state index contributed by atoms with van der Waals surface area (Å²) in [7, 11) is 3.29. The van der Waals surface area contributed by atoms with Crippen LogP contribution in [0.3, 0.4) is 0 Å². The van der Waals surface area contributed by atoms with E-state index in [1.807, 2.05) is 18.2 Å². The fourth-order valence-electron chi connectivity index (χ4n) is 1.90. The third-order valence-corrected chi connectivity index (χ3v) is 3.06. The largest absolute Gasteiger partial charge is 0.493 e. The number of ether oxygens (including phenoxy) is 2. The van der Waals surface area contributed by atoms with Crippen LogP contribution in [0.5, 0.6) is 11.5 Å². The van der Waals surface area contributed by atoms with Crippen LogP contribution >= 0.6 is 0 Å². The average molecular weight is 236 g/mol. The predicted molar refractivity (Wildman–Crippen MR) is 67.5 cm³/mol. The van der Waals surface area contributed by atoms with E-state index in [1.54, 1.807) is 14.2 Å². The van der Waals surface area contributed by atoms with Gasteiger partial charge >= 0.3 is 0 Å². The van der Waals surface area contributed by atoms with E-state index in [2.05, 4.69) is 5.32 Å². The van der Waals surface area contributed by atoms with Crippen molar-refractivity contribution in [1.29, 1.82) is 0 Å². The number of nitrogens with two attached hydrogens (primary N) is 1. The van der Waals surface area contributed by atoms with Crippen LogP contribution in [0.2, 0.25) is 0 Å². The maximum Gasteiger partial charge on any atom is 0.161 e. The van der Waals surface area contributed by atoms with Gasteiger partial charge in [0, 0.05) is 18.6 Å². The standard InChI is InChI=1S/C13H20N2O2/c1-16-12-6-3-9(7-13(12)17-2)11(8-14)15-10-4-5-10/h3,6-7,10-11,15H,4-5,8,14H2,1-2H3. The molecule has 4 heteroatoms. The van der Waals surface area contributed by atoms with Crippen molar-refractivity contribution < 1.29 is 9.47 Å². The Balaban J connectivity index is 2.17. The summed E-state index contributed by atoms with van der Waals surface area (Å²) in [6, 6.07) is 6.78. The predicted octanol–water partition coefficient (Wildman–Crippen LogP) is 1.46. The van der Waals surface area contributed by atoms with E-state index in [0.717, 1.165) is 17.1 Å². The number of rotatable bonds is 6. The Morgan fingerprint density at radius 3 is 2.53 bits per heavy atom. The third kappa shape index (κ3) is 2.90. The van der Waals surface area contributed by atoms with Gasteiger partial charge in [-0.15, -0.1) is 0 Å². The minimum Gasteiger partial charge on any atom is -0.493 e. The maximum atomic E-state index is 5.81. The summed E-state index contributed by atoms with van der Waals surface area (Å²) in [5.41, 5.74) is 6.96. The quantitative estimate of drug-likeness (QED) is 0.785. The highest BCUT2D eigenvalue weighted by Gasteiger charge is 2.25. The fraction of sp³-hybridized carbons (Fsp3) is 0.538. The monoisotopic (exact) mass is 236 g/mol. The van der Waals surface area contributed by atoms with Gasteiger partial charge in [0.1, 0.15) is 0 Å². The van der Waals surface area contributed by atoms with Crippen molar-refractivity contribution in [1.82, 2.24) is 5.32 Å². The van der Waals surface area contributed by atoms with Crippen LogP contribution in [0.15, 0.2) is 18.2 Å². The molecule has 1 fully saturated rings. The van der Waals surface area contributed by atoms with Crippen molar-refractivity contribution >= 4 is 0 Å². The van der Waals surface area contributed by atoms with Crippen LogP contribution in [0.25, 0.3) is 0 Å². The molecule has 1 saturated carbocycles. The van der Waals surface area contributed by atoms with Crippen LogP contribution < -0.4 is 20.5 Å². The molecule has 1 aliphatic rings. The molecule has 0 aliphatic heterocycles. The molecule has 1 aromatic rings. The molecule has 94 valence electrons. The molecule has 4 nitrogen and oxygen atoms in total. The van der Waals surface area contributed by atoms with Crippen molar-refractivity contribution in [2.24, 2.45) is 5.73 Å². The van der Waals surface area contributed by atoms with Crippen molar-refractivity contribution in [2.75, 3.05) is 20.8 Å². The van der Waals surface area contributed by atoms with Gasteiger partial charge in [0.05, 0.1) is 14.2 Å². The van der Waals surface area contributed by atoms with Crippen LogP contribution in [-0.4, -0.2) is 26.8 Å². The molecule has 0 radical (unpaired) electrons. The molecule has 0 bridgehead atoms. The molecule has 1 aliphatic carbocycles. The zero-order valence-corrected chi connectivity index (χ0v) is 10.4. The van der Waals surface area contributed by atoms with Crippen LogP contribution in [-0.2, 0) is 0 Å². The Kier molecular flexibility index (Phi) is 3.86. The van der Waals surface area contributed by atoms with Gasteiger partial charge in [-0.2, -0.15) is 0 Å². The molecule has 1 unspecified atom stereocenters. The Hall–Kier alpha value is -1.26. The lowest BCUT2D eigenvalue weighted by atomic mass is 10.1. The topological polar surface area (TPSA) is 56.5 Å². The van der Waals surface area contributed by atoms with E-state index >= 15 is 0 Å². The molecule has 0 spiro atoms. The normalized spacial score (nSPS) is 16.6. The van der Waals surface area contributed by atoms with Crippen molar-refractivity contribution in [3.63, 3.8) is 0 Å². The third-order valence-electron chi connectivity index (χ3n) is 3.06. The molecule has 0 saturated heterocycles. The second kappa shape index (κ2) is 5.38. The highest BCUT2D eigenvalue weighted by molar-refractivity contribution is 5.43. The summed E-state index contributed by atoms with van der Waals surface area (Å²) in [4.78, 5) is 0. The van der Waals surface area contributed by atoms with Gasteiger partial charge in [0.2, 0.25) is 0 Å². The van der Waals surface area contributed by atoms with Gasteiger partial charge < -0.3 is 20.5 Å². The first-order valence-electron chi connectivity index (χ1n) is 5.96. The van der Waals surface area contributed by atoms with Gasteiger partial charge in [-0.05, 0) is 30.5 Å². The molecule has 0 heterocycles. The second-order valence-electron chi connectivity index (χ2n) is 4.34. The summed E-state index contributed by atoms with van der Waals surface area (Å²) < 4.78 is 10.5. The minimum absolute atomic E-state index is 0.197. The summed E-state index contributed by atoms with van der Waals surface area (Å²) in [6.45, 7) is 0.589. The van der Waals surface area contributed by atoms with E-state index in [-0.39, 0.29) is 6.04 Å². The molecule has 1 aromatic carbocycles. The van der Waals surface area contributed by atoms with E-state index in [4.69, 9.17) is 15.2 Å². The molecule has 1 atom stereocenters. The number of hydrogen-bond acceptors (Lipinski definition) is 4. The highest BCUT2D eigenvalue weighted by Crippen LogP contribution is 2.31. The number of benzene rings is 1. The van der Waals surface area contributed by atoms with Crippen molar-refractivity contribution in [3.05, 3.63) is 23.8 Å². The lowest BCUT2D eigenvalue weighted by Crippen LogP contribution is -2.29. The summed E-state index contributed by atoms with van der Waals surface area (Å²) in [5, 5.41) is 3.52. The zero-order chi connectivity index (χ0) is 12.3.